The number of aromatic amines is 1. The second-order valence-electron chi connectivity index (χ2n) is 7.02. The summed E-state index contributed by atoms with van der Waals surface area (Å²) in [5.41, 5.74) is 3.21. The average Bonchev–Trinajstić information content (AvgIpc) is 3.17. The van der Waals surface area contributed by atoms with Crippen LogP contribution in [0.2, 0.25) is 0 Å². The van der Waals surface area contributed by atoms with E-state index in [2.05, 4.69) is 4.98 Å². The Morgan fingerprint density at radius 3 is 2.39 bits per heavy atom. The lowest BCUT2D eigenvalue weighted by Gasteiger charge is -2.34. The number of hydroxylamine groups is 1. The van der Waals surface area contributed by atoms with Gasteiger partial charge in [-0.1, -0.05) is 24.6 Å². The van der Waals surface area contributed by atoms with Crippen molar-refractivity contribution in [1.29, 1.82) is 0 Å². The molecule has 1 aromatic carbocycles. The highest BCUT2D eigenvalue weighted by molar-refractivity contribution is 6.06. The Kier molecular flexibility index (Phi) is 6.65. The number of amides is 3. The Balaban J connectivity index is 1.43. The van der Waals surface area contributed by atoms with E-state index in [0.717, 1.165) is 17.3 Å². The zero-order valence-corrected chi connectivity index (χ0v) is 15.8. The van der Waals surface area contributed by atoms with Gasteiger partial charge in [0, 0.05) is 56.1 Å². The summed E-state index contributed by atoms with van der Waals surface area (Å²) in [6.45, 7) is 2.14. The number of nitrogens with zero attached hydrogens (tertiary/aromatic N) is 2. The Bertz CT molecular complexity index is 840. The van der Waals surface area contributed by atoms with Gasteiger partial charge in [0.1, 0.15) is 0 Å². The third-order valence-electron chi connectivity index (χ3n) is 5.16. The number of piperazine rings is 1. The standard InChI is InChI=1S/C20H26N4O4/c25-18(22-28)8-2-1-3-9-19(26)23-10-12-24(13-11-23)20(27)16-14-21-17-7-5-4-6-15(16)17/h4-7,14,21,28H,1-3,8-13H2,(H,22,25). The van der Waals surface area contributed by atoms with Crippen LogP contribution in [0.25, 0.3) is 10.9 Å². The lowest BCUT2D eigenvalue weighted by Crippen LogP contribution is -2.50. The van der Waals surface area contributed by atoms with Crippen LogP contribution in [0.15, 0.2) is 30.5 Å². The van der Waals surface area contributed by atoms with Crippen LogP contribution in [0.3, 0.4) is 0 Å². The number of hydrogen-bond donors (Lipinski definition) is 3. The maximum absolute atomic E-state index is 12.8. The number of benzene rings is 1. The van der Waals surface area contributed by atoms with Gasteiger partial charge in [-0.25, -0.2) is 5.48 Å². The van der Waals surface area contributed by atoms with E-state index in [1.807, 2.05) is 24.3 Å². The van der Waals surface area contributed by atoms with Crippen molar-refractivity contribution in [3.63, 3.8) is 0 Å². The molecule has 8 nitrogen and oxygen atoms in total. The molecule has 2 heterocycles. The van der Waals surface area contributed by atoms with Crippen molar-refractivity contribution >= 4 is 28.6 Å². The van der Waals surface area contributed by atoms with Gasteiger partial charge < -0.3 is 14.8 Å². The van der Waals surface area contributed by atoms with Gasteiger partial charge >= 0.3 is 0 Å². The molecule has 8 heteroatoms. The van der Waals surface area contributed by atoms with Gasteiger partial charge in [-0.3, -0.25) is 19.6 Å². The first kappa shape index (κ1) is 19.9. The summed E-state index contributed by atoms with van der Waals surface area (Å²) >= 11 is 0. The van der Waals surface area contributed by atoms with E-state index in [0.29, 0.717) is 51.0 Å². The first-order valence-electron chi connectivity index (χ1n) is 9.66. The zero-order valence-electron chi connectivity index (χ0n) is 15.8. The van der Waals surface area contributed by atoms with Gasteiger partial charge in [0.15, 0.2) is 0 Å². The van der Waals surface area contributed by atoms with Crippen LogP contribution in [-0.4, -0.2) is 63.9 Å². The number of rotatable bonds is 7. The molecule has 3 rings (SSSR count). The van der Waals surface area contributed by atoms with E-state index in [-0.39, 0.29) is 18.2 Å². The molecule has 0 saturated carbocycles. The summed E-state index contributed by atoms with van der Waals surface area (Å²) < 4.78 is 0. The van der Waals surface area contributed by atoms with Crippen LogP contribution in [0.4, 0.5) is 0 Å². The first-order valence-corrected chi connectivity index (χ1v) is 9.66. The Hall–Kier alpha value is -2.87. The van der Waals surface area contributed by atoms with Crippen molar-refractivity contribution in [3.05, 3.63) is 36.0 Å². The number of fused-ring (bicyclic) bond motifs is 1. The molecular weight excluding hydrogens is 360 g/mol. The molecule has 1 fully saturated rings. The minimum Gasteiger partial charge on any atom is -0.360 e. The third-order valence-corrected chi connectivity index (χ3v) is 5.16. The van der Waals surface area contributed by atoms with Gasteiger partial charge in [0.2, 0.25) is 11.8 Å². The van der Waals surface area contributed by atoms with Gasteiger partial charge in [-0.2, -0.15) is 0 Å². The van der Waals surface area contributed by atoms with Crippen molar-refractivity contribution in [2.75, 3.05) is 26.2 Å². The van der Waals surface area contributed by atoms with Crippen LogP contribution in [0.5, 0.6) is 0 Å². The van der Waals surface area contributed by atoms with Crippen molar-refractivity contribution in [2.45, 2.75) is 32.1 Å². The Morgan fingerprint density at radius 1 is 0.964 bits per heavy atom. The van der Waals surface area contributed by atoms with Crippen molar-refractivity contribution in [3.8, 4) is 0 Å². The highest BCUT2D eigenvalue weighted by Crippen LogP contribution is 2.20. The lowest BCUT2D eigenvalue weighted by atomic mass is 10.1. The van der Waals surface area contributed by atoms with Crippen molar-refractivity contribution in [2.24, 2.45) is 0 Å². The molecule has 0 spiro atoms. The van der Waals surface area contributed by atoms with E-state index < -0.39 is 5.91 Å². The smallest absolute Gasteiger partial charge is 0.256 e. The molecule has 2 aromatic rings. The molecule has 0 radical (unpaired) electrons. The summed E-state index contributed by atoms with van der Waals surface area (Å²) in [5, 5.41) is 9.35. The Morgan fingerprint density at radius 2 is 1.64 bits per heavy atom. The molecule has 1 aliphatic heterocycles. The molecule has 1 aromatic heterocycles. The van der Waals surface area contributed by atoms with Gasteiger partial charge in [-0.05, 0) is 18.9 Å². The lowest BCUT2D eigenvalue weighted by molar-refractivity contribution is -0.132. The predicted molar refractivity (Wildman–Crippen MR) is 104 cm³/mol. The monoisotopic (exact) mass is 386 g/mol. The van der Waals surface area contributed by atoms with E-state index >= 15 is 0 Å². The Labute approximate surface area is 163 Å². The summed E-state index contributed by atoms with van der Waals surface area (Å²) in [4.78, 5) is 42.8. The number of aromatic nitrogens is 1. The van der Waals surface area contributed by atoms with E-state index in [1.165, 1.54) is 0 Å². The maximum atomic E-state index is 12.8. The molecule has 1 saturated heterocycles. The molecule has 0 unspecified atom stereocenters. The molecular formula is C20H26N4O4. The fraction of sp³-hybridized carbons (Fsp3) is 0.450. The van der Waals surface area contributed by atoms with Crippen LogP contribution in [0.1, 0.15) is 42.5 Å². The molecule has 0 atom stereocenters. The number of hydrogen-bond acceptors (Lipinski definition) is 4. The van der Waals surface area contributed by atoms with Gasteiger partial charge in [0.25, 0.3) is 5.91 Å². The first-order chi connectivity index (χ1) is 13.6. The minimum absolute atomic E-state index is 0.00768. The number of nitrogens with one attached hydrogen (secondary N) is 2. The van der Waals surface area contributed by atoms with Crippen LogP contribution < -0.4 is 5.48 Å². The van der Waals surface area contributed by atoms with E-state index in [4.69, 9.17) is 5.21 Å². The normalized spacial score (nSPS) is 14.3. The van der Waals surface area contributed by atoms with Crippen molar-refractivity contribution < 1.29 is 19.6 Å². The fourth-order valence-electron chi connectivity index (χ4n) is 3.53. The minimum atomic E-state index is -0.401. The molecule has 150 valence electrons. The number of para-hydroxylation sites is 1. The summed E-state index contributed by atoms with van der Waals surface area (Å²) in [7, 11) is 0. The van der Waals surface area contributed by atoms with Crippen LogP contribution in [0, 0.1) is 0 Å². The molecule has 3 N–H and O–H groups in total. The zero-order chi connectivity index (χ0) is 19.9. The maximum Gasteiger partial charge on any atom is 0.256 e. The number of carbonyl (C=O) groups excluding carboxylic acids is 3. The highest BCUT2D eigenvalue weighted by atomic mass is 16.5. The largest absolute Gasteiger partial charge is 0.360 e. The summed E-state index contributed by atoms with van der Waals surface area (Å²) in [6.07, 6.45) is 4.58. The molecule has 0 aliphatic carbocycles. The molecule has 1 aliphatic rings. The van der Waals surface area contributed by atoms with Gasteiger partial charge in [-0.15, -0.1) is 0 Å². The van der Waals surface area contributed by atoms with Crippen LogP contribution in [-0.2, 0) is 9.59 Å². The molecule has 0 bridgehead atoms. The average molecular weight is 386 g/mol. The van der Waals surface area contributed by atoms with E-state index in [1.54, 1.807) is 21.5 Å². The topological polar surface area (TPSA) is 106 Å². The van der Waals surface area contributed by atoms with Gasteiger partial charge in [0.05, 0.1) is 5.56 Å². The molecule has 28 heavy (non-hydrogen) atoms. The second-order valence-corrected chi connectivity index (χ2v) is 7.02. The predicted octanol–water partition coefficient (Wildman–Crippen LogP) is 1.91. The third kappa shape index (κ3) is 4.69. The van der Waals surface area contributed by atoms with Crippen LogP contribution >= 0.6 is 0 Å². The van der Waals surface area contributed by atoms with Crippen molar-refractivity contribution in [1.82, 2.24) is 20.3 Å². The van der Waals surface area contributed by atoms with E-state index in [9.17, 15) is 14.4 Å². The SMILES string of the molecule is O=C(CCCCCC(=O)N1CCN(C(=O)c2c[nH]c3ccccc23)CC1)NO. The second kappa shape index (κ2) is 9.36. The highest BCUT2D eigenvalue weighted by Gasteiger charge is 2.25. The number of H-pyrrole nitrogens is 1. The fourth-order valence-corrected chi connectivity index (χ4v) is 3.53. The quantitative estimate of drug-likeness (QED) is 0.384. The number of carbonyl (C=O) groups is 3. The number of unbranched alkanes of at least 4 members (excludes halogenated alkanes) is 2. The summed E-state index contributed by atoms with van der Waals surface area (Å²) in [6, 6.07) is 7.72. The summed E-state index contributed by atoms with van der Waals surface area (Å²) in [5.74, 6) is -0.320. The molecule has 3 amide bonds.